The number of esters is 2. The van der Waals surface area contributed by atoms with Gasteiger partial charge in [0.25, 0.3) is 0 Å². The third kappa shape index (κ3) is 44.1. The van der Waals surface area contributed by atoms with E-state index in [0.29, 0.717) is 11.0 Å². The normalized spacial score (nSPS) is 13.7. The van der Waals surface area contributed by atoms with Crippen LogP contribution in [0.15, 0.2) is 24.3 Å². The first-order chi connectivity index (χ1) is 28.0. The van der Waals surface area contributed by atoms with Gasteiger partial charge in [-0.2, -0.15) is 0 Å². The van der Waals surface area contributed by atoms with E-state index in [4.69, 9.17) is 18.5 Å². The van der Waals surface area contributed by atoms with Crippen molar-refractivity contribution in [3.63, 3.8) is 0 Å². The van der Waals surface area contributed by atoms with Crippen LogP contribution in [-0.4, -0.2) is 74.9 Å². The van der Waals surface area contributed by atoms with Gasteiger partial charge < -0.3 is 18.9 Å². The van der Waals surface area contributed by atoms with E-state index in [2.05, 4.69) is 13.8 Å². The second kappa shape index (κ2) is 40.9. The van der Waals surface area contributed by atoms with Gasteiger partial charge in [-0.05, 0) is 25.7 Å². The summed E-state index contributed by atoms with van der Waals surface area (Å²) in [5.41, 5.74) is 0. The maximum atomic E-state index is 12.6. The molecule has 0 saturated heterocycles. The zero-order valence-corrected chi connectivity index (χ0v) is 39.4. The number of rotatable bonds is 44. The van der Waals surface area contributed by atoms with Crippen LogP contribution in [0.5, 0.6) is 0 Å². The average molecular weight is 843 g/mol. The van der Waals surface area contributed by atoms with Crippen LogP contribution in [0.1, 0.15) is 219 Å². The number of ether oxygens (including phenoxy) is 2. The molecule has 0 fully saturated rings. The average Bonchev–Trinajstić information content (AvgIpc) is 3.17. The lowest BCUT2D eigenvalue weighted by atomic mass is 10.0. The number of unbranched alkanes of at least 4 members (excludes halogenated alkanes) is 30. The number of quaternary nitrogens is 1. The van der Waals surface area contributed by atoms with Crippen molar-refractivity contribution in [2.75, 3.05) is 47.5 Å². The number of nitrogens with zero attached hydrogens (tertiary/aromatic N) is 1. The van der Waals surface area contributed by atoms with Crippen LogP contribution in [-0.2, 0) is 32.7 Å². The Balaban J connectivity index is 4.37. The third-order valence-electron chi connectivity index (χ3n) is 10.6. The summed E-state index contributed by atoms with van der Waals surface area (Å²) in [5.74, 6) is -1.18. The minimum absolute atomic E-state index is 0.0168. The van der Waals surface area contributed by atoms with Gasteiger partial charge in [-0.15, -0.1) is 0 Å². The summed E-state index contributed by atoms with van der Waals surface area (Å²) >= 11 is 0. The van der Waals surface area contributed by atoms with Gasteiger partial charge in [0.15, 0.2) is 6.10 Å². The van der Waals surface area contributed by atoms with E-state index in [1.54, 1.807) is 6.08 Å². The number of hydrogen-bond donors (Lipinski definition) is 1. The van der Waals surface area contributed by atoms with Gasteiger partial charge in [0.05, 0.1) is 27.7 Å². The highest BCUT2D eigenvalue weighted by atomic mass is 31.2. The van der Waals surface area contributed by atoms with E-state index in [0.717, 1.165) is 38.5 Å². The fourth-order valence-corrected chi connectivity index (χ4v) is 7.56. The summed E-state index contributed by atoms with van der Waals surface area (Å²) in [5, 5.41) is 0. The maximum Gasteiger partial charge on any atom is 0.472 e. The summed E-state index contributed by atoms with van der Waals surface area (Å²) in [6.45, 7) is 4.29. The predicted molar refractivity (Wildman–Crippen MR) is 243 cm³/mol. The number of hydrogen-bond acceptors (Lipinski definition) is 7. The van der Waals surface area contributed by atoms with E-state index in [1.165, 1.54) is 179 Å². The van der Waals surface area contributed by atoms with Crippen molar-refractivity contribution in [3.05, 3.63) is 24.3 Å². The molecule has 1 unspecified atom stereocenters. The van der Waals surface area contributed by atoms with Crippen molar-refractivity contribution in [2.45, 2.75) is 225 Å². The van der Waals surface area contributed by atoms with Crippen molar-refractivity contribution in [3.8, 4) is 0 Å². The Hall–Kier alpha value is -1.51. The quantitative estimate of drug-likeness (QED) is 0.0212. The van der Waals surface area contributed by atoms with Crippen molar-refractivity contribution in [2.24, 2.45) is 0 Å². The first-order valence-corrected chi connectivity index (χ1v) is 25.6. The summed E-state index contributed by atoms with van der Waals surface area (Å²) in [7, 11) is 1.43. The van der Waals surface area contributed by atoms with Crippen molar-refractivity contribution in [1.29, 1.82) is 0 Å². The zero-order valence-electron chi connectivity index (χ0n) is 38.5. The molecule has 1 N–H and O–H groups in total. The molecule has 0 aliphatic carbocycles. The molecule has 0 rings (SSSR count). The summed E-state index contributed by atoms with van der Waals surface area (Å²) < 4.78 is 34.1. The smallest absolute Gasteiger partial charge is 0.458 e. The Morgan fingerprint density at radius 3 is 1.22 bits per heavy atom. The largest absolute Gasteiger partial charge is 0.472 e. The van der Waals surface area contributed by atoms with E-state index in [1.807, 2.05) is 27.2 Å². The lowest BCUT2D eigenvalue weighted by Crippen LogP contribution is -2.37. The lowest BCUT2D eigenvalue weighted by molar-refractivity contribution is -0.870. The number of allylic oxidation sites excluding steroid dienone is 2. The Bertz CT molecular complexity index is 1040. The molecular weight excluding hydrogens is 750 g/mol. The topological polar surface area (TPSA) is 108 Å². The number of likely N-dealkylation sites (N-methyl/N-ethyl adjacent to an activating group) is 1. The number of phosphoric ester groups is 1. The summed E-state index contributed by atoms with van der Waals surface area (Å²) in [6.07, 6.45) is 46.1. The molecule has 0 amide bonds. The minimum atomic E-state index is -4.40. The van der Waals surface area contributed by atoms with Gasteiger partial charge in [-0.3, -0.25) is 9.05 Å². The molecule has 9 nitrogen and oxygen atoms in total. The van der Waals surface area contributed by atoms with Crippen molar-refractivity contribution in [1.82, 2.24) is 0 Å². The molecule has 0 aromatic heterocycles. The van der Waals surface area contributed by atoms with Gasteiger partial charge in [-0.25, -0.2) is 14.2 Å². The predicted octanol–water partition coefficient (Wildman–Crippen LogP) is 13.9. The molecule has 0 radical (unpaired) electrons. The van der Waals surface area contributed by atoms with E-state index < -0.39 is 32.5 Å². The van der Waals surface area contributed by atoms with E-state index >= 15 is 0 Å². The SMILES string of the molecule is CCCCCCCCCCCCCCCCC/C=C/C(=O)OC[C@H](COP(=O)(O)OCC[N+](C)(C)C)OC(=O)/C=C/CCCCCCCCCCCCCCCCC. The lowest BCUT2D eigenvalue weighted by Gasteiger charge is -2.24. The Kier molecular flexibility index (Phi) is 39.8. The van der Waals surface area contributed by atoms with Gasteiger partial charge in [0.1, 0.15) is 19.8 Å². The molecule has 0 bridgehead atoms. The molecule has 342 valence electrons. The van der Waals surface area contributed by atoms with Crippen LogP contribution in [0.3, 0.4) is 0 Å². The number of carbonyl (C=O) groups excluding carboxylic acids is 2. The fraction of sp³-hybridized carbons (Fsp3) is 0.875. The first kappa shape index (κ1) is 56.5. The molecule has 0 heterocycles. The van der Waals surface area contributed by atoms with Crippen molar-refractivity contribution >= 4 is 19.8 Å². The van der Waals surface area contributed by atoms with Crippen LogP contribution in [0, 0.1) is 0 Å². The molecule has 10 heteroatoms. The van der Waals surface area contributed by atoms with Crippen LogP contribution >= 0.6 is 7.82 Å². The van der Waals surface area contributed by atoms with Gasteiger partial charge in [0, 0.05) is 12.2 Å². The zero-order chi connectivity index (χ0) is 42.8. The molecule has 0 saturated carbocycles. The highest BCUT2D eigenvalue weighted by Crippen LogP contribution is 2.43. The second-order valence-corrected chi connectivity index (χ2v) is 19.0. The number of phosphoric acid groups is 1. The molecule has 0 aromatic rings. The Morgan fingerprint density at radius 1 is 0.517 bits per heavy atom. The monoisotopic (exact) mass is 843 g/mol. The standard InChI is InChI=1S/C48H92NO8P/c1-6-8-10-12-14-16-18-20-22-24-26-28-30-32-34-36-38-40-47(50)54-44-46(45-56-58(52,53)55-43-42-49(3,4)5)57-48(51)41-39-37-35-33-31-29-27-25-23-21-19-17-15-13-11-9-7-2/h38-41,46H,6-37,42-45H2,1-5H3/p+1/b40-38+,41-39+/t46-/m1/s1. The van der Waals surface area contributed by atoms with Gasteiger partial charge in [0.2, 0.25) is 0 Å². The maximum absolute atomic E-state index is 12.6. The molecule has 2 atom stereocenters. The molecular formula is C48H93NO8P+. The summed E-state index contributed by atoms with van der Waals surface area (Å²) in [4.78, 5) is 35.3. The van der Waals surface area contributed by atoms with E-state index in [-0.39, 0.29) is 13.2 Å². The van der Waals surface area contributed by atoms with E-state index in [9.17, 15) is 19.0 Å². The van der Waals surface area contributed by atoms with Crippen molar-refractivity contribution < 1.29 is 42.1 Å². The number of carbonyl (C=O) groups is 2. The van der Waals surface area contributed by atoms with Crippen LogP contribution < -0.4 is 0 Å². The van der Waals surface area contributed by atoms with Gasteiger partial charge in [-0.1, -0.05) is 206 Å². The van der Waals surface area contributed by atoms with Crippen LogP contribution in [0.2, 0.25) is 0 Å². The highest BCUT2D eigenvalue weighted by Gasteiger charge is 2.26. The molecule has 58 heavy (non-hydrogen) atoms. The Labute approximate surface area is 358 Å². The van der Waals surface area contributed by atoms with Crippen LogP contribution in [0.4, 0.5) is 0 Å². The first-order valence-electron chi connectivity index (χ1n) is 24.1. The Morgan fingerprint density at radius 2 is 0.862 bits per heavy atom. The van der Waals surface area contributed by atoms with Gasteiger partial charge >= 0.3 is 19.8 Å². The molecule has 0 aliphatic rings. The second-order valence-electron chi connectivity index (χ2n) is 17.6. The minimum Gasteiger partial charge on any atom is -0.458 e. The van der Waals surface area contributed by atoms with Crippen LogP contribution in [0.25, 0.3) is 0 Å². The highest BCUT2D eigenvalue weighted by molar-refractivity contribution is 7.47. The fourth-order valence-electron chi connectivity index (χ4n) is 6.81. The summed E-state index contributed by atoms with van der Waals surface area (Å²) in [6, 6.07) is 0. The third-order valence-corrected chi connectivity index (χ3v) is 11.6. The molecule has 0 spiro atoms. The molecule has 0 aliphatic heterocycles. The molecule has 0 aromatic carbocycles.